The maximum atomic E-state index is 12.7. The van der Waals surface area contributed by atoms with Gasteiger partial charge in [-0.1, -0.05) is 49.4 Å². The van der Waals surface area contributed by atoms with Crippen LogP contribution in [0, 0.1) is 6.92 Å². The Kier molecular flexibility index (Phi) is 5.93. The van der Waals surface area contributed by atoms with Gasteiger partial charge in [-0.2, -0.15) is 5.10 Å². The van der Waals surface area contributed by atoms with Crippen molar-refractivity contribution >= 4 is 16.9 Å². The molecule has 0 aliphatic rings. The van der Waals surface area contributed by atoms with Gasteiger partial charge in [0.1, 0.15) is 5.82 Å². The predicted molar refractivity (Wildman–Crippen MR) is 119 cm³/mol. The zero-order valence-corrected chi connectivity index (χ0v) is 17.5. The number of nitrogens with zero attached hydrogens (tertiary/aromatic N) is 4. The first-order valence-electron chi connectivity index (χ1n) is 10.5. The topological polar surface area (TPSA) is 64.7 Å². The Morgan fingerprint density at radius 1 is 1.07 bits per heavy atom. The van der Waals surface area contributed by atoms with Crippen LogP contribution in [0.3, 0.4) is 0 Å². The number of nitrogens with one attached hydrogen (secondary N) is 1. The number of aryl methyl sites for hydroxylation is 2. The molecule has 2 heterocycles. The quantitative estimate of drug-likeness (QED) is 0.454. The van der Waals surface area contributed by atoms with E-state index in [0.717, 1.165) is 41.9 Å². The molecule has 2 aromatic carbocycles. The molecule has 30 heavy (non-hydrogen) atoms. The van der Waals surface area contributed by atoms with Gasteiger partial charge in [0.2, 0.25) is 0 Å². The molecule has 0 atom stereocenters. The third kappa shape index (κ3) is 4.13. The fourth-order valence-corrected chi connectivity index (χ4v) is 3.88. The van der Waals surface area contributed by atoms with Crippen molar-refractivity contribution in [2.75, 3.05) is 6.54 Å². The Hall–Kier alpha value is -3.41. The molecule has 154 valence electrons. The summed E-state index contributed by atoms with van der Waals surface area (Å²) in [5.41, 5.74) is 4.95. The molecule has 0 aliphatic heterocycles. The lowest BCUT2D eigenvalue weighted by atomic mass is 10.1. The molecule has 4 rings (SSSR count). The van der Waals surface area contributed by atoms with Crippen LogP contribution < -0.4 is 5.32 Å². The van der Waals surface area contributed by atoms with E-state index < -0.39 is 0 Å². The fourth-order valence-electron chi connectivity index (χ4n) is 3.88. The molecule has 4 aromatic rings. The molecule has 2 aromatic heterocycles. The average molecular weight is 402 g/mol. The minimum Gasteiger partial charge on any atom is -0.352 e. The van der Waals surface area contributed by atoms with Crippen molar-refractivity contribution in [1.29, 1.82) is 0 Å². The number of amides is 1. The maximum absolute atomic E-state index is 12.7. The van der Waals surface area contributed by atoms with Crippen molar-refractivity contribution in [2.24, 2.45) is 0 Å². The van der Waals surface area contributed by atoms with E-state index >= 15 is 0 Å². The zero-order valence-electron chi connectivity index (χ0n) is 17.5. The molecule has 0 aliphatic carbocycles. The number of aromatic nitrogens is 4. The Bertz CT molecular complexity index is 1140. The highest BCUT2D eigenvalue weighted by Crippen LogP contribution is 2.16. The maximum Gasteiger partial charge on any atom is 0.254 e. The summed E-state index contributed by atoms with van der Waals surface area (Å²) in [4.78, 5) is 17.3. The standard InChI is InChI=1S/C24H27N5O/c1-3-22-20(16-26-29(22)17-19-10-5-4-6-11-19)24(30)25-14-9-15-28-18(2)27-21-12-7-8-13-23(21)28/h4-8,10-13,16H,3,9,14-15,17H2,1-2H3,(H,25,30). The van der Waals surface area contributed by atoms with Gasteiger partial charge in [0.15, 0.2) is 0 Å². The highest BCUT2D eigenvalue weighted by Gasteiger charge is 2.16. The SMILES string of the molecule is CCc1c(C(=O)NCCCn2c(C)nc3ccccc32)cnn1Cc1ccccc1. The van der Waals surface area contributed by atoms with E-state index in [2.05, 4.69) is 45.1 Å². The van der Waals surface area contributed by atoms with E-state index in [1.165, 1.54) is 5.56 Å². The van der Waals surface area contributed by atoms with Gasteiger partial charge in [-0.3, -0.25) is 9.48 Å². The van der Waals surface area contributed by atoms with Crippen LogP contribution in [0.1, 0.15) is 40.8 Å². The molecule has 6 nitrogen and oxygen atoms in total. The molecular weight excluding hydrogens is 374 g/mol. The van der Waals surface area contributed by atoms with Crippen LogP contribution in [-0.2, 0) is 19.5 Å². The fraction of sp³-hybridized carbons (Fsp3) is 0.292. The van der Waals surface area contributed by atoms with E-state index in [-0.39, 0.29) is 5.91 Å². The Balaban J connectivity index is 1.36. The summed E-state index contributed by atoms with van der Waals surface area (Å²) >= 11 is 0. The van der Waals surface area contributed by atoms with Crippen molar-refractivity contribution in [3.05, 3.63) is 83.4 Å². The molecule has 6 heteroatoms. The van der Waals surface area contributed by atoms with Crippen molar-refractivity contribution in [3.8, 4) is 0 Å². The number of fused-ring (bicyclic) bond motifs is 1. The number of hydrogen-bond donors (Lipinski definition) is 1. The van der Waals surface area contributed by atoms with Gasteiger partial charge >= 0.3 is 0 Å². The van der Waals surface area contributed by atoms with Gasteiger partial charge in [0.25, 0.3) is 5.91 Å². The number of rotatable bonds is 8. The first-order valence-corrected chi connectivity index (χ1v) is 10.5. The van der Waals surface area contributed by atoms with E-state index in [1.54, 1.807) is 6.20 Å². The van der Waals surface area contributed by atoms with E-state index in [4.69, 9.17) is 0 Å². The third-order valence-corrected chi connectivity index (χ3v) is 5.39. The van der Waals surface area contributed by atoms with Crippen LogP contribution in [0.25, 0.3) is 11.0 Å². The molecule has 0 saturated carbocycles. The molecule has 0 bridgehead atoms. The van der Waals surface area contributed by atoms with Gasteiger partial charge in [0.05, 0.1) is 35.0 Å². The minimum absolute atomic E-state index is 0.0571. The summed E-state index contributed by atoms with van der Waals surface area (Å²) in [5.74, 6) is 0.941. The van der Waals surface area contributed by atoms with E-state index in [0.29, 0.717) is 18.7 Å². The number of carbonyl (C=O) groups is 1. The number of para-hydroxylation sites is 2. The minimum atomic E-state index is -0.0571. The summed E-state index contributed by atoms with van der Waals surface area (Å²) in [5, 5.41) is 7.52. The van der Waals surface area contributed by atoms with E-state index in [1.807, 2.05) is 48.0 Å². The zero-order chi connectivity index (χ0) is 20.9. The highest BCUT2D eigenvalue weighted by molar-refractivity contribution is 5.95. The van der Waals surface area contributed by atoms with Crippen LogP contribution in [0.2, 0.25) is 0 Å². The van der Waals surface area contributed by atoms with Crippen molar-refractivity contribution < 1.29 is 4.79 Å². The van der Waals surface area contributed by atoms with Gasteiger partial charge in [-0.15, -0.1) is 0 Å². The monoisotopic (exact) mass is 401 g/mol. The Labute approximate surface area is 176 Å². The van der Waals surface area contributed by atoms with Crippen LogP contribution in [0.4, 0.5) is 0 Å². The lowest BCUT2D eigenvalue weighted by Crippen LogP contribution is -2.26. The number of benzene rings is 2. The average Bonchev–Trinajstić information content (AvgIpc) is 3.31. The lowest BCUT2D eigenvalue weighted by Gasteiger charge is -2.10. The second kappa shape index (κ2) is 8.95. The van der Waals surface area contributed by atoms with Crippen molar-refractivity contribution in [3.63, 3.8) is 0 Å². The number of imidazole rings is 1. The second-order valence-corrected chi connectivity index (χ2v) is 7.41. The Morgan fingerprint density at radius 3 is 2.63 bits per heavy atom. The van der Waals surface area contributed by atoms with Crippen molar-refractivity contribution in [1.82, 2.24) is 24.6 Å². The lowest BCUT2D eigenvalue weighted by molar-refractivity contribution is 0.0951. The van der Waals surface area contributed by atoms with Gasteiger partial charge in [-0.05, 0) is 37.5 Å². The molecule has 1 amide bonds. The number of carbonyl (C=O) groups excluding carboxylic acids is 1. The summed E-state index contributed by atoms with van der Waals surface area (Å²) in [6, 6.07) is 18.3. The van der Waals surface area contributed by atoms with Crippen LogP contribution >= 0.6 is 0 Å². The molecule has 0 spiro atoms. The summed E-state index contributed by atoms with van der Waals surface area (Å²) in [6.45, 7) is 6.18. The van der Waals surface area contributed by atoms with Crippen LogP contribution in [0.15, 0.2) is 60.8 Å². The molecule has 0 unspecified atom stereocenters. The van der Waals surface area contributed by atoms with Crippen LogP contribution in [-0.4, -0.2) is 31.8 Å². The van der Waals surface area contributed by atoms with E-state index in [9.17, 15) is 4.79 Å². The first kappa shape index (κ1) is 19.9. The van der Waals surface area contributed by atoms with Gasteiger partial charge in [0, 0.05) is 13.1 Å². The van der Waals surface area contributed by atoms with Gasteiger partial charge in [-0.25, -0.2) is 4.98 Å². The largest absolute Gasteiger partial charge is 0.352 e. The predicted octanol–water partition coefficient (Wildman–Crippen LogP) is 3.97. The smallest absolute Gasteiger partial charge is 0.254 e. The highest BCUT2D eigenvalue weighted by atomic mass is 16.1. The van der Waals surface area contributed by atoms with Crippen LogP contribution in [0.5, 0.6) is 0 Å². The molecule has 1 N–H and O–H groups in total. The molecule has 0 fully saturated rings. The summed E-state index contributed by atoms with van der Waals surface area (Å²) in [7, 11) is 0. The molecular formula is C24H27N5O. The normalized spacial score (nSPS) is 11.1. The third-order valence-electron chi connectivity index (χ3n) is 5.39. The second-order valence-electron chi connectivity index (χ2n) is 7.41. The summed E-state index contributed by atoms with van der Waals surface area (Å²) < 4.78 is 4.13. The van der Waals surface area contributed by atoms with Gasteiger partial charge < -0.3 is 9.88 Å². The molecule has 0 saturated heterocycles. The molecule has 0 radical (unpaired) electrons. The Morgan fingerprint density at radius 2 is 1.83 bits per heavy atom. The summed E-state index contributed by atoms with van der Waals surface area (Å²) in [6.07, 6.45) is 3.28. The van der Waals surface area contributed by atoms with Crippen molar-refractivity contribution in [2.45, 2.75) is 39.8 Å². The number of hydrogen-bond acceptors (Lipinski definition) is 3. The first-order chi connectivity index (χ1) is 14.7.